The Morgan fingerprint density at radius 1 is 1.35 bits per heavy atom. The highest BCUT2D eigenvalue weighted by atomic mass is 35.5. The summed E-state index contributed by atoms with van der Waals surface area (Å²) in [4.78, 5) is 43.6. The Bertz CT molecular complexity index is 1020. The van der Waals surface area contributed by atoms with Gasteiger partial charge in [-0.1, -0.05) is 32.4 Å². The number of thiophene rings is 1. The summed E-state index contributed by atoms with van der Waals surface area (Å²) < 4.78 is 5.95. The van der Waals surface area contributed by atoms with Crippen molar-refractivity contribution in [3.8, 4) is 0 Å². The number of hydrogen-bond acceptors (Lipinski definition) is 7. The summed E-state index contributed by atoms with van der Waals surface area (Å²) >= 11 is 7.24. The number of halogens is 1. The lowest BCUT2D eigenvalue weighted by Crippen LogP contribution is -2.56. The first-order valence-electron chi connectivity index (χ1n) is 11.7. The number of rotatable bonds is 10. The van der Waals surface area contributed by atoms with E-state index in [0.717, 1.165) is 28.3 Å². The second-order valence-electron chi connectivity index (χ2n) is 8.95. The van der Waals surface area contributed by atoms with Crippen molar-refractivity contribution in [3.05, 3.63) is 27.2 Å². The van der Waals surface area contributed by atoms with Crippen molar-refractivity contribution in [2.75, 3.05) is 24.6 Å². The number of carbonyl (C=O) groups excluding carboxylic acids is 2. The monoisotopic (exact) mass is 509 g/mol. The second-order valence-corrected chi connectivity index (χ2v) is 10.3. The molecule has 0 aliphatic carbocycles. The number of carbonyl (C=O) groups is 3. The summed E-state index contributed by atoms with van der Waals surface area (Å²) in [6.45, 7) is 9.29. The van der Waals surface area contributed by atoms with Crippen molar-refractivity contribution in [1.82, 2.24) is 5.32 Å². The molecule has 1 amide bonds. The van der Waals surface area contributed by atoms with Crippen LogP contribution in [0.3, 0.4) is 0 Å². The minimum Gasteiger partial charge on any atom is -0.477 e. The summed E-state index contributed by atoms with van der Waals surface area (Å²) in [6, 6.07) is 1.48. The maximum absolute atomic E-state index is 12.8. The first-order valence-corrected chi connectivity index (χ1v) is 12.9. The third kappa shape index (κ3) is 6.06. The lowest BCUT2D eigenvalue weighted by molar-refractivity contribution is -0.117. The van der Waals surface area contributed by atoms with E-state index in [-0.39, 0.29) is 40.2 Å². The van der Waals surface area contributed by atoms with Gasteiger partial charge < -0.3 is 20.1 Å². The normalized spacial score (nSPS) is 20.6. The summed E-state index contributed by atoms with van der Waals surface area (Å²) in [5.41, 5.74) is 1.63. The largest absolute Gasteiger partial charge is 0.477 e. The van der Waals surface area contributed by atoms with Crippen LogP contribution in [0.2, 0.25) is 0 Å². The maximum Gasteiger partial charge on any atom is 0.346 e. The molecule has 0 unspecified atom stereocenters. The Morgan fingerprint density at radius 2 is 2.09 bits per heavy atom. The zero-order valence-electron chi connectivity index (χ0n) is 20.0. The SMILES string of the molecule is CCO[C@H]1CN(c2cc(C(=O)CC(C)C)c(C(=O)O)s2)CC[C@H]1NC(=O)C1=NC(Cl)=C(CC)C1. The predicted molar refractivity (Wildman–Crippen MR) is 134 cm³/mol. The summed E-state index contributed by atoms with van der Waals surface area (Å²) in [6.07, 6.45) is 1.83. The molecule has 3 heterocycles. The molecule has 2 aliphatic heterocycles. The third-order valence-electron chi connectivity index (χ3n) is 5.97. The molecule has 0 bridgehead atoms. The molecular formula is C24H32ClN3O5S. The molecule has 0 aromatic carbocycles. The van der Waals surface area contributed by atoms with Gasteiger partial charge in [-0.2, -0.15) is 0 Å². The fraction of sp³-hybridized carbons (Fsp3) is 0.583. The van der Waals surface area contributed by atoms with Crippen LogP contribution >= 0.6 is 22.9 Å². The van der Waals surface area contributed by atoms with Crippen LogP contribution in [0.5, 0.6) is 0 Å². The van der Waals surface area contributed by atoms with Gasteiger partial charge in [0.1, 0.15) is 15.7 Å². The van der Waals surface area contributed by atoms with Crippen molar-refractivity contribution in [1.29, 1.82) is 0 Å². The fourth-order valence-electron chi connectivity index (χ4n) is 4.21. The van der Waals surface area contributed by atoms with E-state index in [1.165, 1.54) is 0 Å². The Hall–Kier alpha value is -2.23. The first kappa shape index (κ1) is 26.4. The molecule has 3 rings (SSSR count). The first-order chi connectivity index (χ1) is 16.1. The number of allylic oxidation sites excluding steroid dienone is 1. The Labute approximate surface area is 209 Å². The van der Waals surface area contributed by atoms with Crippen LogP contribution in [0.15, 0.2) is 21.8 Å². The van der Waals surface area contributed by atoms with Crippen molar-refractivity contribution in [3.63, 3.8) is 0 Å². The van der Waals surface area contributed by atoms with E-state index >= 15 is 0 Å². The van der Waals surface area contributed by atoms with Crippen LogP contribution in [0.25, 0.3) is 0 Å². The minimum absolute atomic E-state index is 0.0689. The molecule has 1 aromatic heterocycles. The van der Waals surface area contributed by atoms with Crippen LogP contribution in [-0.2, 0) is 9.53 Å². The molecule has 34 heavy (non-hydrogen) atoms. The van der Waals surface area contributed by atoms with Crippen LogP contribution in [0, 0.1) is 5.92 Å². The molecule has 0 spiro atoms. The van der Waals surface area contributed by atoms with Gasteiger partial charge >= 0.3 is 5.97 Å². The zero-order chi connectivity index (χ0) is 25.0. The van der Waals surface area contributed by atoms with Gasteiger partial charge in [-0.15, -0.1) is 11.3 Å². The molecule has 0 radical (unpaired) electrons. The summed E-state index contributed by atoms with van der Waals surface area (Å²) in [5, 5.41) is 13.8. The number of Topliss-reactive ketones (excluding diaryl/α,β-unsaturated/α-hetero) is 1. The van der Waals surface area contributed by atoms with Gasteiger partial charge in [0.2, 0.25) is 0 Å². The maximum atomic E-state index is 12.8. The van der Waals surface area contributed by atoms with Crippen molar-refractivity contribution < 1.29 is 24.2 Å². The average Bonchev–Trinajstić information content (AvgIpc) is 3.39. The van der Waals surface area contributed by atoms with E-state index in [9.17, 15) is 19.5 Å². The molecule has 1 aromatic rings. The van der Waals surface area contributed by atoms with Gasteiger partial charge in [-0.25, -0.2) is 9.79 Å². The number of aromatic carboxylic acids is 1. The lowest BCUT2D eigenvalue weighted by Gasteiger charge is -2.39. The summed E-state index contributed by atoms with van der Waals surface area (Å²) in [5.74, 6) is -1.35. The molecular weight excluding hydrogens is 478 g/mol. The van der Waals surface area contributed by atoms with Crippen LogP contribution in [-0.4, -0.2) is 60.3 Å². The average molecular weight is 510 g/mol. The van der Waals surface area contributed by atoms with Crippen molar-refractivity contribution >= 4 is 51.3 Å². The molecule has 1 fully saturated rings. The number of nitrogens with zero attached hydrogens (tertiary/aromatic N) is 2. The molecule has 1 saturated heterocycles. The van der Waals surface area contributed by atoms with Crippen molar-refractivity contribution in [2.45, 2.75) is 65.5 Å². The Kier molecular flexibility index (Phi) is 8.89. The predicted octanol–water partition coefficient (Wildman–Crippen LogP) is 4.48. The smallest absolute Gasteiger partial charge is 0.346 e. The number of aliphatic imine (C=N–C) groups is 1. The highest BCUT2D eigenvalue weighted by Crippen LogP contribution is 2.34. The van der Waals surface area contributed by atoms with Gasteiger partial charge in [0.15, 0.2) is 5.78 Å². The topological polar surface area (TPSA) is 108 Å². The number of nitrogens with one attached hydrogen (secondary N) is 1. The lowest BCUT2D eigenvalue weighted by atomic mass is 10.00. The van der Waals surface area contributed by atoms with Gasteiger partial charge in [0.05, 0.1) is 17.1 Å². The number of ketones is 1. The standard InChI is InChI=1S/C24H32ClN3O5S/c1-5-14-10-17(26-22(14)25)23(30)27-16-7-8-28(12-19(16)33-6-2)20-11-15(18(29)9-13(3)4)21(34-20)24(31)32/h11,13,16,19H,5-10,12H2,1-4H3,(H,27,30)(H,31,32)/t16-,19+/m1/s1. The molecule has 186 valence electrons. The quantitative estimate of drug-likeness (QED) is 0.355. The van der Waals surface area contributed by atoms with Crippen LogP contribution in [0.1, 0.15) is 73.4 Å². The Balaban J connectivity index is 1.72. The van der Waals surface area contributed by atoms with E-state index in [4.69, 9.17) is 16.3 Å². The van der Waals surface area contributed by atoms with E-state index < -0.39 is 5.97 Å². The van der Waals surface area contributed by atoms with Gasteiger partial charge in [-0.05, 0) is 37.3 Å². The van der Waals surface area contributed by atoms with E-state index in [1.54, 1.807) is 6.07 Å². The molecule has 2 atom stereocenters. The minimum atomic E-state index is -1.09. The van der Waals surface area contributed by atoms with E-state index in [2.05, 4.69) is 10.3 Å². The number of hydrogen-bond donors (Lipinski definition) is 2. The van der Waals surface area contributed by atoms with Gasteiger partial charge in [0, 0.05) is 38.1 Å². The third-order valence-corrected chi connectivity index (χ3v) is 7.51. The second kappa shape index (κ2) is 11.5. The zero-order valence-corrected chi connectivity index (χ0v) is 21.6. The molecule has 2 N–H and O–H groups in total. The molecule has 10 heteroatoms. The number of ether oxygens (including phenoxy) is 1. The summed E-state index contributed by atoms with van der Waals surface area (Å²) in [7, 11) is 0. The molecule has 2 aliphatic rings. The Morgan fingerprint density at radius 3 is 2.68 bits per heavy atom. The fourth-order valence-corrected chi connectivity index (χ4v) is 5.56. The van der Waals surface area contributed by atoms with E-state index in [1.807, 2.05) is 32.6 Å². The van der Waals surface area contributed by atoms with Crippen LogP contribution in [0.4, 0.5) is 5.00 Å². The van der Waals surface area contributed by atoms with E-state index in [0.29, 0.717) is 49.8 Å². The number of carboxylic acid groups (broad SMARTS) is 1. The van der Waals surface area contributed by atoms with Crippen LogP contribution < -0.4 is 10.2 Å². The number of amides is 1. The highest BCUT2D eigenvalue weighted by Gasteiger charge is 2.34. The van der Waals surface area contributed by atoms with Gasteiger partial charge in [-0.3, -0.25) is 9.59 Å². The van der Waals surface area contributed by atoms with Gasteiger partial charge in [0.25, 0.3) is 5.91 Å². The molecule has 0 saturated carbocycles. The molecule has 8 nitrogen and oxygen atoms in total. The number of anilines is 1. The highest BCUT2D eigenvalue weighted by molar-refractivity contribution is 7.18. The van der Waals surface area contributed by atoms with Crippen molar-refractivity contribution in [2.24, 2.45) is 10.9 Å². The number of carboxylic acids is 1. The number of piperidine rings is 1.